The van der Waals surface area contributed by atoms with Gasteiger partial charge in [0.15, 0.2) is 0 Å². The Morgan fingerprint density at radius 2 is 2.22 bits per heavy atom. The van der Waals surface area contributed by atoms with Gasteiger partial charge in [0.25, 0.3) is 0 Å². The van der Waals surface area contributed by atoms with Gasteiger partial charge in [-0.3, -0.25) is 9.69 Å². The molecular weight excluding hydrogens is 254 g/mol. The van der Waals surface area contributed by atoms with E-state index in [4.69, 9.17) is 16.7 Å². The third kappa shape index (κ3) is 6.00. The van der Waals surface area contributed by atoms with Gasteiger partial charge in [0, 0.05) is 24.7 Å². The first-order valence-electron chi connectivity index (χ1n) is 5.84. The lowest BCUT2D eigenvalue weighted by atomic mass is 10.2. The predicted molar refractivity (Wildman–Crippen MR) is 70.7 cm³/mol. The largest absolute Gasteiger partial charge is 0.481 e. The van der Waals surface area contributed by atoms with E-state index in [-0.39, 0.29) is 6.42 Å². The highest BCUT2D eigenvalue weighted by atomic mass is 35.5. The third-order valence-electron chi connectivity index (χ3n) is 2.46. The van der Waals surface area contributed by atoms with Crippen LogP contribution < -0.4 is 0 Å². The van der Waals surface area contributed by atoms with Gasteiger partial charge in [0.05, 0.1) is 12.5 Å². The van der Waals surface area contributed by atoms with E-state index in [9.17, 15) is 9.90 Å². The average Bonchev–Trinajstić information content (AvgIpc) is 2.25. The highest BCUT2D eigenvalue weighted by molar-refractivity contribution is 6.30. The average molecular weight is 272 g/mol. The van der Waals surface area contributed by atoms with Crippen LogP contribution in [0.1, 0.15) is 18.9 Å². The summed E-state index contributed by atoms with van der Waals surface area (Å²) in [6, 6.07) is 7.43. The van der Waals surface area contributed by atoms with E-state index >= 15 is 0 Å². The van der Waals surface area contributed by atoms with Gasteiger partial charge >= 0.3 is 5.97 Å². The number of hydrogen-bond donors (Lipinski definition) is 2. The zero-order valence-corrected chi connectivity index (χ0v) is 11.1. The molecule has 0 aliphatic rings. The van der Waals surface area contributed by atoms with Crippen molar-refractivity contribution >= 4 is 17.6 Å². The van der Waals surface area contributed by atoms with Gasteiger partial charge in [-0.2, -0.15) is 0 Å². The number of nitrogens with zero attached hydrogens (tertiary/aromatic N) is 1. The number of rotatable bonds is 7. The van der Waals surface area contributed by atoms with Crippen molar-refractivity contribution < 1.29 is 15.0 Å². The fourth-order valence-electron chi connectivity index (χ4n) is 1.76. The Balaban J connectivity index is 2.62. The fourth-order valence-corrected chi connectivity index (χ4v) is 1.97. The number of carboxylic acids is 1. The molecule has 1 rings (SSSR count). The lowest BCUT2D eigenvalue weighted by Crippen LogP contribution is -2.32. The summed E-state index contributed by atoms with van der Waals surface area (Å²) >= 11 is 5.90. The van der Waals surface area contributed by atoms with E-state index in [0.717, 1.165) is 5.56 Å². The van der Waals surface area contributed by atoms with Crippen molar-refractivity contribution in [2.45, 2.75) is 26.0 Å². The molecule has 0 aliphatic heterocycles. The predicted octanol–water partition coefficient (Wildman–Crippen LogP) is 2.00. The molecule has 18 heavy (non-hydrogen) atoms. The molecule has 0 saturated carbocycles. The first kappa shape index (κ1) is 15.0. The van der Waals surface area contributed by atoms with Crippen LogP contribution >= 0.6 is 11.6 Å². The van der Waals surface area contributed by atoms with Gasteiger partial charge in [-0.15, -0.1) is 0 Å². The van der Waals surface area contributed by atoms with Crippen molar-refractivity contribution in [2.75, 3.05) is 13.1 Å². The Bertz CT molecular complexity index is 396. The number of halogens is 1. The Labute approximate surface area is 112 Å². The van der Waals surface area contributed by atoms with Crippen LogP contribution in [0.4, 0.5) is 0 Å². The number of aliphatic carboxylic acids is 1. The summed E-state index contributed by atoms with van der Waals surface area (Å²) in [5.41, 5.74) is 1.01. The molecule has 2 N–H and O–H groups in total. The number of hydrogen-bond acceptors (Lipinski definition) is 3. The lowest BCUT2D eigenvalue weighted by Gasteiger charge is -2.23. The van der Waals surface area contributed by atoms with Gasteiger partial charge in [0.2, 0.25) is 0 Å². The summed E-state index contributed by atoms with van der Waals surface area (Å²) in [5.74, 6) is -0.836. The van der Waals surface area contributed by atoms with E-state index in [1.165, 1.54) is 0 Å². The van der Waals surface area contributed by atoms with E-state index in [1.807, 2.05) is 23.1 Å². The van der Waals surface area contributed by atoms with Gasteiger partial charge in [-0.25, -0.2) is 0 Å². The van der Waals surface area contributed by atoms with Crippen LogP contribution in [0.15, 0.2) is 24.3 Å². The van der Waals surface area contributed by atoms with Crippen molar-refractivity contribution in [2.24, 2.45) is 0 Å². The SMILES string of the molecule is CC(O)CN(CCC(=O)O)Cc1cccc(Cl)c1. The standard InChI is InChI=1S/C13H18ClNO3/c1-10(16)8-15(6-5-13(17)18)9-11-3-2-4-12(14)7-11/h2-4,7,10,16H,5-6,8-9H2,1H3,(H,17,18). The summed E-state index contributed by atoms with van der Waals surface area (Å²) in [5, 5.41) is 18.8. The molecule has 0 aromatic heterocycles. The Hall–Kier alpha value is -1.10. The van der Waals surface area contributed by atoms with Gasteiger partial charge in [-0.1, -0.05) is 23.7 Å². The second-order valence-electron chi connectivity index (χ2n) is 4.36. The topological polar surface area (TPSA) is 60.8 Å². The molecule has 1 aromatic rings. The molecule has 0 saturated heterocycles. The van der Waals surface area contributed by atoms with Crippen molar-refractivity contribution in [3.05, 3.63) is 34.9 Å². The quantitative estimate of drug-likeness (QED) is 0.796. The molecule has 0 amide bonds. The zero-order valence-electron chi connectivity index (χ0n) is 10.3. The van der Waals surface area contributed by atoms with E-state index < -0.39 is 12.1 Å². The van der Waals surface area contributed by atoms with E-state index in [0.29, 0.717) is 24.7 Å². The van der Waals surface area contributed by atoms with E-state index in [2.05, 4.69) is 0 Å². The molecule has 0 spiro atoms. The number of carboxylic acid groups (broad SMARTS) is 1. The van der Waals surface area contributed by atoms with Gasteiger partial charge < -0.3 is 10.2 Å². The van der Waals surface area contributed by atoms with Crippen molar-refractivity contribution in [3.63, 3.8) is 0 Å². The smallest absolute Gasteiger partial charge is 0.304 e. The molecule has 100 valence electrons. The first-order chi connectivity index (χ1) is 8.47. The summed E-state index contributed by atoms with van der Waals surface area (Å²) in [6.45, 7) is 3.12. The monoisotopic (exact) mass is 271 g/mol. The van der Waals surface area contributed by atoms with Crippen LogP contribution in [-0.4, -0.2) is 40.3 Å². The summed E-state index contributed by atoms with van der Waals surface area (Å²) in [4.78, 5) is 12.5. The van der Waals surface area contributed by atoms with Crippen LogP contribution in [0, 0.1) is 0 Å². The molecule has 0 radical (unpaired) electrons. The highest BCUT2D eigenvalue weighted by Gasteiger charge is 2.11. The second-order valence-corrected chi connectivity index (χ2v) is 4.79. The number of carbonyl (C=O) groups is 1. The number of benzene rings is 1. The van der Waals surface area contributed by atoms with Gasteiger partial charge in [-0.05, 0) is 24.6 Å². The second kappa shape index (κ2) is 7.36. The molecule has 1 aromatic carbocycles. The molecule has 0 bridgehead atoms. The van der Waals surface area contributed by atoms with Gasteiger partial charge in [0.1, 0.15) is 0 Å². The van der Waals surface area contributed by atoms with Crippen LogP contribution in [0.25, 0.3) is 0 Å². The minimum atomic E-state index is -0.836. The molecular formula is C13H18ClNO3. The normalized spacial score (nSPS) is 12.7. The van der Waals surface area contributed by atoms with Crippen molar-refractivity contribution in [1.82, 2.24) is 4.90 Å². The minimum absolute atomic E-state index is 0.0628. The minimum Gasteiger partial charge on any atom is -0.481 e. The molecule has 1 unspecified atom stereocenters. The first-order valence-corrected chi connectivity index (χ1v) is 6.22. The van der Waals surface area contributed by atoms with Crippen LogP contribution in [0.5, 0.6) is 0 Å². The van der Waals surface area contributed by atoms with Crippen LogP contribution in [0.2, 0.25) is 5.02 Å². The molecule has 0 heterocycles. The van der Waals surface area contributed by atoms with Crippen LogP contribution in [0.3, 0.4) is 0 Å². The molecule has 4 nitrogen and oxygen atoms in total. The maximum atomic E-state index is 10.6. The lowest BCUT2D eigenvalue weighted by molar-refractivity contribution is -0.137. The Kier molecular flexibility index (Phi) is 6.12. The van der Waals surface area contributed by atoms with Crippen molar-refractivity contribution in [1.29, 1.82) is 0 Å². The highest BCUT2D eigenvalue weighted by Crippen LogP contribution is 2.13. The summed E-state index contributed by atoms with van der Waals surface area (Å²) in [7, 11) is 0. The number of aliphatic hydroxyl groups is 1. The molecule has 0 fully saturated rings. The zero-order chi connectivity index (χ0) is 13.5. The maximum absolute atomic E-state index is 10.6. The molecule has 5 heteroatoms. The summed E-state index contributed by atoms with van der Waals surface area (Å²) < 4.78 is 0. The van der Waals surface area contributed by atoms with E-state index in [1.54, 1.807) is 13.0 Å². The Morgan fingerprint density at radius 1 is 1.50 bits per heavy atom. The molecule has 1 atom stereocenters. The number of aliphatic hydroxyl groups excluding tert-OH is 1. The summed E-state index contributed by atoms with van der Waals surface area (Å²) in [6.07, 6.45) is -0.425. The fraction of sp³-hybridized carbons (Fsp3) is 0.462. The van der Waals surface area contributed by atoms with Crippen LogP contribution in [-0.2, 0) is 11.3 Å². The Morgan fingerprint density at radius 3 is 2.78 bits per heavy atom. The maximum Gasteiger partial charge on any atom is 0.304 e. The molecule has 0 aliphatic carbocycles. The van der Waals surface area contributed by atoms with Crippen molar-refractivity contribution in [3.8, 4) is 0 Å². The third-order valence-corrected chi connectivity index (χ3v) is 2.69.